The van der Waals surface area contributed by atoms with Gasteiger partial charge in [0.15, 0.2) is 6.61 Å². The smallest absolute Gasteiger partial charge is 0.306 e. The van der Waals surface area contributed by atoms with E-state index in [-0.39, 0.29) is 23.7 Å². The molecule has 2 heterocycles. The summed E-state index contributed by atoms with van der Waals surface area (Å²) in [4.78, 5) is 25.7. The van der Waals surface area contributed by atoms with Crippen LogP contribution in [0.5, 0.6) is 0 Å². The molecule has 0 spiro atoms. The number of nitriles is 1. The molecule has 2 N–H and O–H groups in total. The van der Waals surface area contributed by atoms with Crippen molar-refractivity contribution in [1.82, 2.24) is 5.32 Å². The molecule has 3 atom stereocenters. The van der Waals surface area contributed by atoms with Crippen molar-refractivity contribution in [1.29, 1.82) is 5.26 Å². The molecule has 1 aliphatic heterocycles. The Bertz CT molecular complexity index is 912. The second-order valence-corrected chi connectivity index (χ2v) is 11.4. The van der Waals surface area contributed by atoms with Crippen LogP contribution in [-0.2, 0) is 26.3 Å². The molecular weight excluding hydrogens is 398 g/mol. The summed E-state index contributed by atoms with van der Waals surface area (Å²) in [5.41, 5.74) is 1.10. The Morgan fingerprint density at radius 1 is 1.27 bits per heavy atom. The average Bonchev–Trinajstić information content (AvgIpc) is 3.33. The van der Waals surface area contributed by atoms with Crippen molar-refractivity contribution in [3.05, 3.63) is 16.0 Å². The third-order valence-electron chi connectivity index (χ3n) is 6.89. The molecule has 162 valence electrons. The Hall–Kier alpha value is -1.91. The highest BCUT2D eigenvalue weighted by Crippen LogP contribution is 2.49. The highest BCUT2D eigenvalue weighted by Gasteiger charge is 2.41. The lowest BCUT2D eigenvalue weighted by atomic mass is 9.81. The maximum Gasteiger partial charge on any atom is 0.306 e. The Balaban J connectivity index is 1.37. The number of fused-ring (bicyclic) bond motifs is 3. The summed E-state index contributed by atoms with van der Waals surface area (Å²) < 4.78 is 5.25. The molecule has 30 heavy (non-hydrogen) atoms. The van der Waals surface area contributed by atoms with Crippen LogP contribution in [0.2, 0.25) is 0 Å². The number of ether oxygens (including phenoxy) is 1. The predicted octanol–water partition coefficient (Wildman–Crippen LogP) is 4.09. The maximum absolute atomic E-state index is 12.4. The maximum atomic E-state index is 12.4. The lowest BCUT2D eigenvalue weighted by molar-refractivity contribution is -0.148. The van der Waals surface area contributed by atoms with Gasteiger partial charge in [-0.05, 0) is 76.7 Å². The van der Waals surface area contributed by atoms with E-state index in [1.165, 1.54) is 30.6 Å². The van der Waals surface area contributed by atoms with E-state index in [1.807, 2.05) is 0 Å². The number of hydrogen-bond donors (Lipinski definition) is 2. The van der Waals surface area contributed by atoms with Crippen molar-refractivity contribution in [2.75, 3.05) is 11.9 Å². The zero-order valence-electron chi connectivity index (χ0n) is 18.3. The molecule has 6 nitrogen and oxygen atoms in total. The summed E-state index contributed by atoms with van der Waals surface area (Å²) in [5, 5.41) is 16.7. The first-order chi connectivity index (χ1) is 14.1. The summed E-state index contributed by atoms with van der Waals surface area (Å²) in [5.74, 6) is 1.19. The van der Waals surface area contributed by atoms with Crippen LogP contribution in [0.1, 0.15) is 75.8 Å². The molecule has 2 saturated carbocycles. The van der Waals surface area contributed by atoms with Gasteiger partial charge < -0.3 is 15.4 Å². The molecule has 2 aliphatic carbocycles. The Kier molecular flexibility index (Phi) is 5.44. The summed E-state index contributed by atoms with van der Waals surface area (Å²) in [7, 11) is 0. The first-order valence-corrected chi connectivity index (χ1v) is 11.7. The number of carbonyl (C=O) groups excluding carboxylic acids is 2. The van der Waals surface area contributed by atoms with Crippen LogP contribution in [-0.4, -0.2) is 24.0 Å². The monoisotopic (exact) mass is 429 g/mol. The van der Waals surface area contributed by atoms with Gasteiger partial charge in [0, 0.05) is 22.4 Å². The second kappa shape index (κ2) is 7.65. The Labute approximate surface area is 182 Å². The third-order valence-corrected chi connectivity index (χ3v) is 8.36. The van der Waals surface area contributed by atoms with Gasteiger partial charge in [0.2, 0.25) is 0 Å². The van der Waals surface area contributed by atoms with Gasteiger partial charge in [-0.15, -0.1) is 11.3 Å². The van der Waals surface area contributed by atoms with E-state index in [9.17, 15) is 14.9 Å². The third kappa shape index (κ3) is 4.13. The zero-order chi connectivity index (χ0) is 21.7. The molecule has 0 saturated heterocycles. The number of rotatable bonds is 5. The second-order valence-electron chi connectivity index (χ2n) is 10.4. The molecular formula is C23H31N3O3S. The van der Waals surface area contributed by atoms with Crippen LogP contribution in [0.15, 0.2) is 0 Å². The summed E-state index contributed by atoms with van der Waals surface area (Å²) in [6.07, 6.45) is 6.04. The minimum atomic E-state index is -0.392. The van der Waals surface area contributed by atoms with E-state index in [0.29, 0.717) is 28.8 Å². The Morgan fingerprint density at radius 3 is 2.67 bits per heavy atom. The highest BCUT2D eigenvalue weighted by molar-refractivity contribution is 7.17. The number of anilines is 1. The molecule has 0 aromatic carbocycles. The average molecular weight is 430 g/mol. The predicted molar refractivity (Wildman–Crippen MR) is 116 cm³/mol. The van der Waals surface area contributed by atoms with Crippen LogP contribution in [0.4, 0.5) is 5.00 Å². The summed E-state index contributed by atoms with van der Waals surface area (Å²) in [6.45, 7) is 8.11. The number of esters is 1. The zero-order valence-corrected chi connectivity index (χ0v) is 19.1. The van der Waals surface area contributed by atoms with E-state index in [0.717, 1.165) is 29.2 Å². The van der Waals surface area contributed by atoms with Crippen LogP contribution in [0, 0.1) is 29.1 Å². The van der Waals surface area contributed by atoms with Crippen molar-refractivity contribution in [2.45, 2.75) is 77.3 Å². The lowest BCUT2D eigenvalue weighted by Gasteiger charge is -2.42. The van der Waals surface area contributed by atoms with E-state index in [1.54, 1.807) is 0 Å². The van der Waals surface area contributed by atoms with Crippen LogP contribution in [0.25, 0.3) is 0 Å². The van der Waals surface area contributed by atoms with E-state index in [2.05, 4.69) is 44.4 Å². The van der Waals surface area contributed by atoms with Gasteiger partial charge in [0.05, 0.1) is 5.56 Å². The van der Waals surface area contributed by atoms with E-state index >= 15 is 0 Å². The number of hydrogen-bond acceptors (Lipinski definition) is 6. The summed E-state index contributed by atoms with van der Waals surface area (Å²) in [6, 6.07) is 2.27. The quantitative estimate of drug-likeness (QED) is 0.688. The van der Waals surface area contributed by atoms with E-state index < -0.39 is 5.91 Å². The van der Waals surface area contributed by atoms with Gasteiger partial charge >= 0.3 is 5.97 Å². The fourth-order valence-corrected chi connectivity index (χ4v) is 7.19. The molecule has 4 rings (SSSR count). The number of nitrogens with one attached hydrogen (secondary N) is 2. The van der Waals surface area contributed by atoms with E-state index in [4.69, 9.17) is 4.74 Å². The molecule has 0 radical (unpaired) electrons. The van der Waals surface area contributed by atoms with Crippen molar-refractivity contribution < 1.29 is 14.3 Å². The van der Waals surface area contributed by atoms with Crippen molar-refractivity contribution in [3.63, 3.8) is 0 Å². The number of thiophene rings is 1. The van der Waals surface area contributed by atoms with Crippen LogP contribution in [0.3, 0.4) is 0 Å². The van der Waals surface area contributed by atoms with Crippen molar-refractivity contribution in [2.24, 2.45) is 17.8 Å². The summed E-state index contributed by atoms with van der Waals surface area (Å²) >= 11 is 1.43. The van der Waals surface area contributed by atoms with Crippen molar-refractivity contribution >= 4 is 28.2 Å². The standard InChI is InChI=1S/C23H31N3O3S/c1-22(2)10-16-17(11-24)21(30-20(16)23(3,4)26-22)25-18(27)12-29-19(28)9-15-8-13-5-6-14(15)7-13/h13-15,26H,5-10,12H2,1-4H3,(H,25,27)/t13-,14+,15+/m0/s1. The van der Waals surface area contributed by atoms with Gasteiger partial charge in [-0.2, -0.15) is 5.26 Å². The fraction of sp³-hybridized carbons (Fsp3) is 0.696. The van der Waals surface area contributed by atoms with Gasteiger partial charge in [-0.3, -0.25) is 9.59 Å². The Morgan fingerprint density at radius 2 is 2.03 bits per heavy atom. The molecule has 1 aromatic rings. The fourth-order valence-electron chi connectivity index (χ4n) is 5.94. The molecule has 0 unspecified atom stereocenters. The number of carbonyl (C=O) groups is 2. The number of nitrogens with zero attached hydrogens (tertiary/aromatic N) is 1. The first kappa shape index (κ1) is 21.3. The molecule has 2 bridgehead atoms. The topological polar surface area (TPSA) is 91.2 Å². The van der Waals surface area contributed by atoms with Crippen LogP contribution < -0.4 is 10.6 Å². The molecule has 1 amide bonds. The van der Waals surface area contributed by atoms with Gasteiger partial charge in [0.1, 0.15) is 11.1 Å². The van der Waals surface area contributed by atoms with Gasteiger partial charge in [0.25, 0.3) is 5.91 Å². The first-order valence-electron chi connectivity index (χ1n) is 10.9. The van der Waals surface area contributed by atoms with Gasteiger partial charge in [-0.25, -0.2) is 0 Å². The SMILES string of the molecule is CC1(C)Cc2c(sc(NC(=O)COC(=O)C[C@H]3C[C@H]4CC[C@@H]3C4)c2C#N)C(C)(C)N1. The lowest BCUT2D eigenvalue weighted by Crippen LogP contribution is -2.54. The van der Waals surface area contributed by atoms with Gasteiger partial charge in [-0.1, -0.05) is 6.42 Å². The minimum absolute atomic E-state index is 0.139. The number of amides is 1. The highest BCUT2D eigenvalue weighted by atomic mass is 32.1. The minimum Gasteiger partial charge on any atom is -0.456 e. The molecule has 1 aromatic heterocycles. The molecule has 3 aliphatic rings. The largest absolute Gasteiger partial charge is 0.456 e. The normalized spacial score (nSPS) is 27.9. The molecule has 2 fully saturated rings. The van der Waals surface area contributed by atoms with Crippen molar-refractivity contribution in [3.8, 4) is 6.07 Å². The molecule has 7 heteroatoms. The van der Waals surface area contributed by atoms with Crippen LogP contribution >= 0.6 is 11.3 Å².